The molecule has 1 aliphatic heterocycles. The molecule has 0 spiro atoms. The lowest BCUT2D eigenvalue weighted by atomic mass is 10.2. The first-order valence-electron chi connectivity index (χ1n) is 4.44. The third-order valence-corrected chi connectivity index (χ3v) is 2.81. The maximum atomic E-state index is 5.86. The molecule has 0 aromatic heterocycles. The van der Waals surface area contributed by atoms with E-state index in [-0.39, 0.29) is 6.10 Å². The van der Waals surface area contributed by atoms with E-state index in [2.05, 4.69) is 18.7 Å². The Labute approximate surface area is 89.4 Å². The van der Waals surface area contributed by atoms with Gasteiger partial charge in [-0.15, -0.1) is 0 Å². The Kier molecular flexibility index (Phi) is 4.53. The van der Waals surface area contributed by atoms with Crippen molar-refractivity contribution >= 4 is 23.2 Å². The lowest BCUT2D eigenvalue weighted by Gasteiger charge is -2.36. The van der Waals surface area contributed by atoms with E-state index in [0.717, 1.165) is 19.7 Å². The normalized spacial score (nSPS) is 32.2. The Bertz CT molecular complexity index is 196. The zero-order valence-corrected chi connectivity index (χ0v) is 9.48. The highest BCUT2D eigenvalue weighted by molar-refractivity contribution is 6.36. The largest absolute Gasteiger partial charge is 0.376 e. The molecule has 0 N–H and O–H groups in total. The van der Waals surface area contributed by atoms with E-state index < -0.39 is 0 Å². The molecule has 1 saturated heterocycles. The topological polar surface area (TPSA) is 12.5 Å². The summed E-state index contributed by atoms with van der Waals surface area (Å²) in [5, 5.41) is 0.683. The van der Waals surface area contributed by atoms with E-state index in [1.54, 1.807) is 0 Å². The number of hydrogen-bond donors (Lipinski definition) is 0. The number of nitrogens with zero attached hydrogens (tertiary/aromatic N) is 1. The number of rotatable bonds is 2. The molecule has 4 heteroatoms. The van der Waals surface area contributed by atoms with Crippen molar-refractivity contribution in [3.63, 3.8) is 0 Å². The SMILES string of the molecule is CC1CN(C/C(Cl)=C/Cl)C(C)CO1. The Balaban J connectivity index is 2.46. The minimum Gasteiger partial charge on any atom is -0.376 e. The lowest BCUT2D eigenvalue weighted by Crippen LogP contribution is -2.47. The lowest BCUT2D eigenvalue weighted by molar-refractivity contribution is -0.0451. The van der Waals surface area contributed by atoms with Crippen molar-refractivity contribution in [3.05, 3.63) is 10.6 Å². The van der Waals surface area contributed by atoms with Crippen LogP contribution in [0.5, 0.6) is 0 Å². The Morgan fingerprint density at radius 3 is 2.92 bits per heavy atom. The summed E-state index contributed by atoms with van der Waals surface area (Å²) in [6.07, 6.45) is 0.288. The molecule has 0 aliphatic carbocycles. The molecule has 13 heavy (non-hydrogen) atoms. The minimum atomic E-state index is 0.288. The van der Waals surface area contributed by atoms with E-state index in [4.69, 9.17) is 27.9 Å². The molecule has 0 radical (unpaired) electrons. The van der Waals surface area contributed by atoms with Gasteiger partial charge in [0.05, 0.1) is 12.7 Å². The summed E-state index contributed by atoms with van der Waals surface area (Å²) >= 11 is 11.4. The van der Waals surface area contributed by atoms with Crippen molar-refractivity contribution in [2.24, 2.45) is 0 Å². The first-order valence-corrected chi connectivity index (χ1v) is 5.25. The van der Waals surface area contributed by atoms with Crippen LogP contribution in [0, 0.1) is 0 Å². The van der Waals surface area contributed by atoms with E-state index in [1.165, 1.54) is 5.54 Å². The standard InChI is InChI=1S/C9H15Cl2NO/c1-7-6-13-8(2)4-12(7)5-9(11)3-10/h3,7-8H,4-6H2,1-2H3/b9-3-. The van der Waals surface area contributed by atoms with Crippen molar-refractivity contribution in [2.45, 2.75) is 26.0 Å². The van der Waals surface area contributed by atoms with Gasteiger partial charge in [-0.25, -0.2) is 0 Å². The maximum absolute atomic E-state index is 5.86. The minimum absolute atomic E-state index is 0.288. The van der Waals surface area contributed by atoms with Crippen molar-refractivity contribution in [1.82, 2.24) is 4.90 Å². The first-order chi connectivity index (χ1) is 6.13. The van der Waals surface area contributed by atoms with E-state index in [1.807, 2.05) is 0 Å². The van der Waals surface area contributed by atoms with Crippen molar-refractivity contribution in [1.29, 1.82) is 0 Å². The van der Waals surface area contributed by atoms with Crippen LogP contribution in [-0.2, 0) is 4.74 Å². The van der Waals surface area contributed by atoms with Crippen LogP contribution in [0.3, 0.4) is 0 Å². The summed E-state index contributed by atoms with van der Waals surface area (Å²) < 4.78 is 5.50. The fraction of sp³-hybridized carbons (Fsp3) is 0.778. The van der Waals surface area contributed by atoms with Crippen LogP contribution in [0.15, 0.2) is 10.6 Å². The highest BCUT2D eigenvalue weighted by Gasteiger charge is 2.23. The predicted molar refractivity (Wildman–Crippen MR) is 56.2 cm³/mol. The number of hydrogen-bond acceptors (Lipinski definition) is 2. The summed E-state index contributed by atoms with van der Waals surface area (Å²) in [5.74, 6) is 0. The van der Waals surface area contributed by atoms with Crippen LogP contribution in [0.4, 0.5) is 0 Å². The highest BCUT2D eigenvalue weighted by atomic mass is 35.5. The Morgan fingerprint density at radius 1 is 1.62 bits per heavy atom. The van der Waals surface area contributed by atoms with Crippen LogP contribution in [0.25, 0.3) is 0 Å². The number of morpholine rings is 1. The predicted octanol–water partition coefficient (Wildman–Crippen LogP) is 2.41. The molecule has 2 atom stereocenters. The molecule has 0 bridgehead atoms. The summed E-state index contributed by atoms with van der Waals surface area (Å²) in [5.41, 5.74) is 1.43. The van der Waals surface area contributed by atoms with Gasteiger partial charge in [0.25, 0.3) is 0 Å². The summed E-state index contributed by atoms with van der Waals surface area (Å²) in [6, 6.07) is 0.418. The van der Waals surface area contributed by atoms with Gasteiger partial charge in [-0.1, -0.05) is 23.2 Å². The van der Waals surface area contributed by atoms with Gasteiger partial charge in [0.1, 0.15) is 0 Å². The molecular weight excluding hydrogens is 209 g/mol. The van der Waals surface area contributed by atoms with Gasteiger partial charge in [0, 0.05) is 29.7 Å². The van der Waals surface area contributed by atoms with Crippen molar-refractivity contribution in [2.75, 3.05) is 19.7 Å². The summed E-state index contributed by atoms with van der Waals surface area (Å²) in [6.45, 7) is 6.61. The second kappa shape index (κ2) is 5.20. The molecule has 1 heterocycles. The second-order valence-corrected chi connectivity index (χ2v) is 4.18. The molecule has 76 valence electrons. The molecule has 0 amide bonds. The maximum Gasteiger partial charge on any atom is 0.0674 e. The average molecular weight is 224 g/mol. The molecule has 2 unspecified atom stereocenters. The second-order valence-electron chi connectivity index (χ2n) is 3.48. The Morgan fingerprint density at radius 2 is 2.31 bits per heavy atom. The Hall–Kier alpha value is 0.240. The van der Waals surface area contributed by atoms with E-state index in [9.17, 15) is 0 Å². The average Bonchev–Trinajstić information content (AvgIpc) is 2.11. The van der Waals surface area contributed by atoms with Gasteiger partial charge >= 0.3 is 0 Å². The first kappa shape index (κ1) is 11.3. The summed E-state index contributed by atoms with van der Waals surface area (Å²) in [4.78, 5) is 2.27. The monoisotopic (exact) mass is 223 g/mol. The number of halogens is 2. The number of ether oxygens (including phenoxy) is 1. The molecule has 0 saturated carbocycles. The van der Waals surface area contributed by atoms with Crippen LogP contribution in [0.2, 0.25) is 0 Å². The van der Waals surface area contributed by atoms with Crippen molar-refractivity contribution < 1.29 is 4.74 Å². The molecule has 0 aromatic rings. The van der Waals surface area contributed by atoms with Crippen LogP contribution in [0.1, 0.15) is 13.8 Å². The van der Waals surface area contributed by atoms with Gasteiger partial charge in [-0.3, -0.25) is 4.90 Å². The zero-order chi connectivity index (χ0) is 9.84. The molecule has 1 rings (SSSR count). The smallest absolute Gasteiger partial charge is 0.0674 e. The zero-order valence-electron chi connectivity index (χ0n) is 7.96. The highest BCUT2D eigenvalue weighted by Crippen LogP contribution is 2.15. The van der Waals surface area contributed by atoms with Gasteiger partial charge in [0.2, 0.25) is 0 Å². The van der Waals surface area contributed by atoms with Gasteiger partial charge in [-0.2, -0.15) is 0 Å². The van der Waals surface area contributed by atoms with E-state index in [0.29, 0.717) is 11.1 Å². The summed E-state index contributed by atoms with van der Waals surface area (Å²) in [7, 11) is 0. The van der Waals surface area contributed by atoms with Gasteiger partial charge in [-0.05, 0) is 13.8 Å². The third kappa shape index (κ3) is 3.47. The molecule has 2 nitrogen and oxygen atoms in total. The van der Waals surface area contributed by atoms with Gasteiger partial charge in [0.15, 0.2) is 0 Å². The molecular formula is C9H15Cl2NO. The van der Waals surface area contributed by atoms with Gasteiger partial charge < -0.3 is 4.74 Å². The van der Waals surface area contributed by atoms with Crippen LogP contribution >= 0.6 is 23.2 Å². The van der Waals surface area contributed by atoms with Crippen LogP contribution in [-0.4, -0.2) is 36.7 Å². The van der Waals surface area contributed by atoms with Crippen molar-refractivity contribution in [3.8, 4) is 0 Å². The van der Waals surface area contributed by atoms with E-state index >= 15 is 0 Å². The molecule has 1 aliphatic rings. The quantitative estimate of drug-likeness (QED) is 0.714. The van der Waals surface area contributed by atoms with Crippen LogP contribution < -0.4 is 0 Å². The third-order valence-electron chi connectivity index (χ3n) is 2.21. The molecule has 0 aromatic carbocycles. The fourth-order valence-corrected chi connectivity index (χ4v) is 1.64. The fourth-order valence-electron chi connectivity index (χ4n) is 1.42. The molecule has 1 fully saturated rings.